The SMILES string of the molecule is COC(=O)[C@@H]1Cc2ccccc2C[NH+]1CC(=O)Nc1ccc([N+](=O)[O-])cc1Cl. The molecule has 1 unspecified atom stereocenters. The second-order valence-electron chi connectivity index (χ2n) is 6.53. The van der Waals surface area contributed by atoms with E-state index in [1.54, 1.807) is 0 Å². The van der Waals surface area contributed by atoms with Crippen LogP contribution in [-0.4, -0.2) is 36.5 Å². The van der Waals surface area contributed by atoms with Crippen LogP contribution in [0.3, 0.4) is 0 Å². The first kappa shape index (κ1) is 19.8. The monoisotopic (exact) mass is 404 g/mol. The van der Waals surface area contributed by atoms with Crippen molar-refractivity contribution in [1.29, 1.82) is 0 Å². The number of rotatable bonds is 5. The highest BCUT2D eigenvalue weighted by Gasteiger charge is 2.37. The number of amides is 1. The lowest BCUT2D eigenvalue weighted by Crippen LogP contribution is -3.17. The summed E-state index contributed by atoms with van der Waals surface area (Å²) >= 11 is 6.03. The lowest BCUT2D eigenvalue weighted by molar-refractivity contribution is -0.924. The van der Waals surface area contributed by atoms with E-state index in [0.717, 1.165) is 16.0 Å². The largest absolute Gasteiger partial charge is 0.465 e. The summed E-state index contributed by atoms with van der Waals surface area (Å²) in [5, 5.41) is 13.5. The highest BCUT2D eigenvalue weighted by atomic mass is 35.5. The van der Waals surface area contributed by atoms with E-state index >= 15 is 0 Å². The molecule has 2 N–H and O–H groups in total. The summed E-state index contributed by atoms with van der Waals surface area (Å²) < 4.78 is 4.91. The number of nitro benzene ring substituents is 1. The summed E-state index contributed by atoms with van der Waals surface area (Å²) in [6.07, 6.45) is 0.490. The Kier molecular flexibility index (Phi) is 5.91. The number of ether oxygens (including phenoxy) is 1. The summed E-state index contributed by atoms with van der Waals surface area (Å²) in [6.45, 7) is 0.540. The first-order valence-corrected chi connectivity index (χ1v) is 9.00. The lowest BCUT2D eigenvalue weighted by atomic mass is 9.94. The van der Waals surface area contributed by atoms with Gasteiger partial charge in [-0.1, -0.05) is 35.9 Å². The average Bonchev–Trinajstić information content (AvgIpc) is 2.68. The number of nitrogens with one attached hydrogen (secondary N) is 2. The Hall–Kier alpha value is -2.97. The second-order valence-corrected chi connectivity index (χ2v) is 6.94. The van der Waals surface area contributed by atoms with Crippen LogP contribution in [0.1, 0.15) is 11.1 Å². The lowest BCUT2D eigenvalue weighted by Gasteiger charge is -2.31. The standard InChI is InChI=1S/C19H18ClN3O5/c1-28-19(25)17-8-12-4-2-3-5-13(12)10-22(17)11-18(24)21-16-7-6-14(23(26)27)9-15(16)20/h2-7,9,17H,8,10-11H2,1H3,(H,21,24)/p+1/t17-/m0/s1. The number of hydrogen-bond donors (Lipinski definition) is 2. The highest BCUT2D eigenvalue weighted by Crippen LogP contribution is 2.26. The maximum atomic E-state index is 12.5. The summed E-state index contributed by atoms with van der Waals surface area (Å²) in [7, 11) is 1.33. The number of halogens is 1. The van der Waals surface area contributed by atoms with Crippen LogP contribution in [0.15, 0.2) is 42.5 Å². The van der Waals surface area contributed by atoms with Gasteiger partial charge in [0.25, 0.3) is 11.6 Å². The number of nitrogens with zero attached hydrogens (tertiary/aromatic N) is 1. The molecule has 0 aliphatic carbocycles. The molecule has 9 heteroatoms. The molecule has 1 amide bonds. The number of anilines is 1. The first-order valence-electron chi connectivity index (χ1n) is 8.62. The third-order valence-corrected chi connectivity index (χ3v) is 5.08. The van der Waals surface area contributed by atoms with Crippen molar-refractivity contribution < 1.29 is 24.1 Å². The number of carbonyl (C=O) groups is 2. The van der Waals surface area contributed by atoms with Crippen LogP contribution in [0.5, 0.6) is 0 Å². The van der Waals surface area contributed by atoms with E-state index in [1.807, 2.05) is 24.3 Å². The molecule has 0 saturated heterocycles. The quantitative estimate of drug-likeness (QED) is 0.445. The number of fused-ring (bicyclic) bond motifs is 1. The third kappa shape index (κ3) is 4.29. The van der Waals surface area contributed by atoms with Crippen molar-refractivity contribution in [3.05, 3.63) is 68.7 Å². The van der Waals surface area contributed by atoms with Gasteiger partial charge in [-0.05, 0) is 11.6 Å². The Labute approximate surface area is 166 Å². The van der Waals surface area contributed by atoms with Crippen LogP contribution < -0.4 is 10.2 Å². The molecular formula is C19H19ClN3O5+. The minimum atomic E-state index is -0.562. The number of quaternary nitrogens is 1. The van der Waals surface area contributed by atoms with Crippen molar-refractivity contribution in [2.45, 2.75) is 19.0 Å². The van der Waals surface area contributed by atoms with E-state index in [0.29, 0.717) is 13.0 Å². The van der Waals surface area contributed by atoms with Crippen LogP contribution in [0.25, 0.3) is 0 Å². The van der Waals surface area contributed by atoms with Gasteiger partial charge in [0.05, 0.1) is 22.7 Å². The number of hydrogen-bond acceptors (Lipinski definition) is 5. The summed E-state index contributed by atoms with van der Waals surface area (Å²) in [5.74, 6) is -0.718. The maximum Gasteiger partial charge on any atom is 0.365 e. The molecule has 2 aromatic carbocycles. The summed E-state index contributed by atoms with van der Waals surface area (Å²) in [6, 6.07) is 11.1. The molecule has 0 spiro atoms. The van der Waals surface area contributed by atoms with Gasteiger partial charge < -0.3 is 15.0 Å². The molecule has 2 atom stereocenters. The smallest absolute Gasteiger partial charge is 0.365 e. The van der Waals surface area contributed by atoms with Gasteiger partial charge in [0, 0.05) is 24.1 Å². The van der Waals surface area contributed by atoms with Crippen LogP contribution in [-0.2, 0) is 27.3 Å². The molecule has 8 nitrogen and oxygen atoms in total. The van der Waals surface area contributed by atoms with Crippen LogP contribution >= 0.6 is 11.6 Å². The van der Waals surface area contributed by atoms with Crippen molar-refractivity contribution in [1.82, 2.24) is 0 Å². The molecule has 28 heavy (non-hydrogen) atoms. The Bertz CT molecular complexity index is 934. The van der Waals surface area contributed by atoms with Gasteiger partial charge in [-0.2, -0.15) is 0 Å². The zero-order valence-corrected chi connectivity index (χ0v) is 15.9. The molecule has 0 bridgehead atoms. The number of methoxy groups -OCH3 is 1. The Balaban J connectivity index is 1.74. The molecular weight excluding hydrogens is 386 g/mol. The van der Waals surface area contributed by atoms with E-state index in [1.165, 1.54) is 25.3 Å². The predicted molar refractivity (Wildman–Crippen MR) is 102 cm³/mol. The van der Waals surface area contributed by atoms with Crippen molar-refractivity contribution in [3.8, 4) is 0 Å². The van der Waals surface area contributed by atoms with E-state index in [9.17, 15) is 19.7 Å². The van der Waals surface area contributed by atoms with Crippen molar-refractivity contribution >= 4 is 34.9 Å². The van der Waals surface area contributed by atoms with Crippen molar-refractivity contribution in [2.75, 3.05) is 19.0 Å². The fourth-order valence-electron chi connectivity index (χ4n) is 3.36. The van der Waals surface area contributed by atoms with Crippen LogP contribution in [0.2, 0.25) is 5.02 Å². The normalized spacial score (nSPS) is 18.1. The van der Waals surface area contributed by atoms with Crippen molar-refractivity contribution in [3.63, 3.8) is 0 Å². The van der Waals surface area contributed by atoms with Gasteiger partial charge in [0.1, 0.15) is 6.54 Å². The number of non-ortho nitro benzene ring substituents is 1. The molecule has 0 radical (unpaired) electrons. The fourth-order valence-corrected chi connectivity index (χ4v) is 3.58. The maximum absolute atomic E-state index is 12.5. The Morgan fingerprint density at radius 3 is 2.64 bits per heavy atom. The highest BCUT2D eigenvalue weighted by molar-refractivity contribution is 6.34. The van der Waals surface area contributed by atoms with Crippen LogP contribution in [0, 0.1) is 10.1 Å². The second kappa shape index (κ2) is 8.37. The molecule has 1 aliphatic heterocycles. The average molecular weight is 405 g/mol. The molecule has 1 aliphatic rings. The first-order chi connectivity index (χ1) is 13.4. The number of esters is 1. The van der Waals surface area contributed by atoms with Crippen LogP contribution in [0.4, 0.5) is 11.4 Å². The molecule has 146 valence electrons. The minimum Gasteiger partial charge on any atom is -0.465 e. The van der Waals surface area contributed by atoms with Gasteiger partial charge in [0.15, 0.2) is 12.6 Å². The van der Waals surface area contributed by atoms with E-state index in [2.05, 4.69) is 5.32 Å². The molecule has 0 fully saturated rings. The van der Waals surface area contributed by atoms with Gasteiger partial charge in [-0.25, -0.2) is 4.79 Å². The Morgan fingerprint density at radius 2 is 2.00 bits per heavy atom. The number of benzene rings is 2. The predicted octanol–water partition coefficient (Wildman–Crippen LogP) is 1.37. The summed E-state index contributed by atoms with van der Waals surface area (Å²) in [5.41, 5.74) is 2.27. The topological polar surface area (TPSA) is 103 Å². The summed E-state index contributed by atoms with van der Waals surface area (Å²) in [4.78, 5) is 35.8. The van der Waals surface area contributed by atoms with Gasteiger partial charge >= 0.3 is 5.97 Å². The third-order valence-electron chi connectivity index (χ3n) is 4.76. The number of nitro groups is 1. The Morgan fingerprint density at radius 1 is 1.29 bits per heavy atom. The molecule has 1 heterocycles. The fraction of sp³-hybridized carbons (Fsp3) is 0.263. The van der Waals surface area contributed by atoms with E-state index < -0.39 is 11.0 Å². The number of carbonyl (C=O) groups excluding carboxylic acids is 2. The van der Waals surface area contributed by atoms with Crippen molar-refractivity contribution in [2.24, 2.45) is 0 Å². The zero-order valence-electron chi connectivity index (χ0n) is 15.1. The zero-order chi connectivity index (χ0) is 20.3. The molecule has 3 rings (SSSR count). The van der Waals surface area contributed by atoms with Gasteiger partial charge in [0.2, 0.25) is 0 Å². The molecule has 2 aromatic rings. The molecule has 0 saturated carbocycles. The van der Waals surface area contributed by atoms with E-state index in [-0.39, 0.29) is 34.8 Å². The van der Waals surface area contributed by atoms with E-state index in [4.69, 9.17) is 16.3 Å². The van der Waals surface area contributed by atoms with Gasteiger partial charge in [-0.3, -0.25) is 14.9 Å². The van der Waals surface area contributed by atoms with Gasteiger partial charge in [-0.15, -0.1) is 0 Å². The minimum absolute atomic E-state index is 0.0292. The molecule has 0 aromatic heterocycles.